The van der Waals surface area contributed by atoms with Crippen LogP contribution in [0.25, 0.3) is 11.0 Å². The van der Waals surface area contributed by atoms with Gasteiger partial charge in [-0.2, -0.15) is 0 Å². The lowest BCUT2D eigenvalue weighted by Gasteiger charge is -2.14. The van der Waals surface area contributed by atoms with Crippen LogP contribution >= 0.6 is 35.3 Å². The molecule has 0 bridgehead atoms. The minimum Gasteiger partial charge on any atom is -0.333 e. The number of benzene rings is 2. The maximum atomic E-state index is 15.2. The molecule has 0 atom stereocenters. The number of halogens is 4. The summed E-state index contributed by atoms with van der Waals surface area (Å²) in [5.74, 6) is -3.66. The predicted octanol–water partition coefficient (Wildman–Crippen LogP) is 6.38. The topological polar surface area (TPSA) is 75.6 Å². The van der Waals surface area contributed by atoms with E-state index >= 15 is 4.39 Å². The summed E-state index contributed by atoms with van der Waals surface area (Å²) in [5.41, 5.74) is 0.444. The summed E-state index contributed by atoms with van der Waals surface area (Å²) in [4.78, 5) is 17.0. The molecule has 0 saturated carbocycles. The molecule has 0 amide bonds. The highest BCUT2D eigenvalue weighted by Crippen LogP contribution is 2.36. The maximum absolute atomic E-state index is 15.2. The van der Waals surface area contributed by atoms with Gasteiger partial charge < -0.3 is 10.0 Å². The first-order valence-electron chi connectivity index (χ1n) is 9.03. The number of thioether (sulfide) groups is 1. The Bertz CT molecular complexity index is 1320. The number of aromatic nitrogens is 4. The third kappa shape index (κ3) is 4.41. The van der Waals surface area contributed by atoms with Gasteiger partial charge in [-0.25, -0.2) is 33.1 Å². The summed E-state index contributed by atoms with van der Waals surface area (Å²) in [5, 5.41) is 3.41. The highest BCUT2D eigenvalue weighted by atomic mass is 35.5. The molecule has 2 heterocycles. The zero-order chi connectivity index (χ0) is 22.8. The number of nitrogens with zero attached hydrogens (tertiary/aromatic N) is 4. The fraction of sp³-hybridized carbons (Fsp3) is 0.100. The Morgan fingerprint density at radius 2 is 1.88 bits per heavy atom. The van der Waals surface area contributed by atoms with Crippen LogP contribution in [0.3, 0.4) is 0 Å². The Kier molecular flexibility index (Phi) is 6.58. The molecule has 0 aliphatic carbocycles. The molecule has 6 nitrogen and oxygen atoms in total. The van der Waals surface area contributed by atoms with Crippen molar-refractivity contribution in [2.75, 3.05) is 16.3 Å². The molecular formula is C20H14ClF3N6S2. The van der Waals surface area contributed by atoms with Gasteiger partial charge in [0, 0.05) is 11.0 Å². The van der Waals surface area contributed by atoms with Gasteiger partial charge in [0.25, 0.3) is 0 Å². The quantitative estimate of drug-likeness (QED) is 0.138. The maximum Gasteiger partial charge on any atom is 0.188 e. The first-order valence-corrected chi connectivity index (χ1v) is 11.4. The molecule has 0 aliphatic heterocycles. The van der Waals surface area contributed by atoms with E-state index in [0.717, 1.165) is 23.6 Å². The van der Waals surface area contributed by atoms with Crippen molar-refractivity contribution in [3.05, 3.63) is 64.8 Å². The number of fused-ring (bicyclic) bond motifs is 1. The molecular weight excluding hydrogens is 481 g/mol. The van der Waals surface area contributed by atoms with E-state index in [4.69, 9.17) is 11.6 Å². The van der Waals surface area contributed by atoms with E-state index in [0.29, 0.717) is 20.6 Å². The molecule has 2 aromatic heterocycles. The average molecular weight is 495 g/mol. The molecule has 0 radical (unpaired) electrons. The van der Waals surface area contributed by atoms with Gasteiger partial charge >= 0.3 is 0 Å². The van der Waals surface area contributed by atoms with Crippen LogP contribution in [-0.2, 0) is 0 Å². The van der Waals surface area contributed by atoms with Gasteiger partial charge in [0.2, 0.25) is 0 Å². The standard InChI is InChI=1S/C20H14ClF3N6S2/c1-9-4-3-5-13(14(9)21)32-30-11-6-10(22)15(23)18(16(11)24)28-19-17-12(26-8-27-19)7-25-20(29-17)31-2/h3-8,30H,1-2H3,(H,26,27,28). The molecule has 0 aliphatic rings. The van der Waals surface area contributed by atoms with Crippen molar-refractivity contribution in [3.63, 3.8) is 0 Å². The van der Waals surface area contributed by atoms with Crippen LogP contribution in [0, 0.1) is 24.4 Å². The third-order valence-corrected chi connectivity index (χ3v) is 6.42. The second-order valence-corrected chi connectivity index (χ2v) is 8.44. The minimum atomic E-state index is -1.39. The van der Waals surface area contributed by atoms with E-state index in [2.05, 4.69) is 30.0 Å². The number of anilines is 3. The van der Waals surface area contributed by atoms with Crippen LogP contribution in [0.5, 0.6) is 0 Å². The number of hydrogen-bond donors (Lipinski definition) is 2. The fourth-order valence-corrected chi connectivity index (χ4v) is 4.09. The number of rotatable bonds is 6. The Morgan fingerprint density at radius 3 is 2.66 bits per heavy atom. The SMILES string of the molecule is CSc1ncc2ncnc(Nc3c(F)c(F)cc(NSc4cccc(C)c4Cl)c3F)c2n1. The first kappa shape index (κ1) is 22.4. The summed E-state index contributed by atoms with van der Waals surface area (Å²) in [7, 11) is 0. The van der Waals surface area contributed by atoms with E-state index < -0.39 is 23.1 Å². The second kappa shape index (κ2) is 9.39. The van der Waals surface area contributed by atoms with E-state index in [9.17, 15) is 8.78 Å². The van der Waals surface area contributed by atoms with Gasteiger partial charge in [0.15, 0.2) is 28.4 Å². The average Bonchev–Trinajstić information content (AvgIpc) is 2.80. The van der Waals surface area contributed by atoms with Crippen molar-refractivity contribution < 1.29 is 13.2 Å². The largest absolute Gasteiger partial charge is 0.333 e. The first-order chi connectivity index (χ1) is 15.4. The summed E-state index contributed by atoms with van der Waals surface area (Å²) >= 11 is 8.50. The fourth-order valence-electron chi connectivity index (χ4n) is 2.74. The Labute approximate surface area is 194 Å². The predicted molar refractivity (Wildman–Crippen MR) is 122 cm³/mol. The number of nitrogens with one attached hydrogen (secondary N) is 2. The molecule has 0 saturated heterocycles. The van der Waals surface area contributed by atoms with Crippen LogP contribution < -0.4 is 10.0 Å². The van der Waals surface area contributed by atoms with Gasteiger partial charge in [-0.05, 0) is 36.8 Å². The van der Waals surface area contributed by atoms with E-state index in [-0.39, 0.29) is 17.0 Å². The molecule has 2 N–H and O–H groups in total. The Morgan fingerprint density at radius 1 is 1.06 bits per heavy atom. The van der Waals surface area contributed by atoms with Crippen molar-refractivity contribution in [1.29, 1.82) is 0 Å². The van der Waals surface area contributed by atoms with Gasteiger partial charge in [-0.1, -0.05) is 35.5 Å². The highest BCUT2D eigenvalue weighted by Gasteiger charge is 2.21. The van der Waals surface area contributed by atoms with Crippen LogP contribution in [0.2, 0.25) is 5.02 Å². The van der Waals surface area contributed by atoms with E-state index in [1.54, 1.807) is 18.4 Å². The van der Waals surface area contributed by atoms with Crippen molar-refractivity contribution in [3.8, 4) is 0 Å². The monoisotopic (exact) mass is 494 g/mol. The number of aryl methyl sites for hydroxylation is 1. The lowest BCUT2D eigenvalue weighted by atomic mass is 10.2. The Balaban J connectivity index is 1.70. The normalized spacial score (nSPS) is 11.1. The van der Waals surface area contributed by atoms with Gasteiger partial charge in [0.05, 0.1) is 16.9 Å². The third-order valence-electron chi connectivity index (χ3n) is 4.36. The van der Waals surface area contributed by atoms with Gasteiger partial charge in [-0.3, -0.25) is 0 Å². The van der Waals surface area contributed by atoms with Crippen molar-refractivity contribution in [2.45, 2.75) is 17.0 Å². The zero-order valence-electron chi connectivity index (χ0n) is 16.6. The minimum absolute atomic E-state index is 0.0106. The van der Waals surface area contributed by atoms with Crippen molar-refractivity contribution >= 4 is 63.5 Å². The van der Waals surface area contributed by atoms with Crippen LogP contribution in [0.15, 0.2) is 46.8 Å². The lowest BCUT2D eigenvalue weighted by Crippen LogP contribution is -2.06. The van der Waals surface area contributed by atoms with Crippen LogP contribution in [-0.4, -0.2) is 26.2 Å². The molecule has 4 rings (SSSR count). The zero-order valence-corrected chi connectivity index (χ0v) is 19.0. The van der Waals surface area contributed by atoms with Crippen molar-refractivity contribution in [2.24, 2.45) is 0 Å². The Hall–Kier alpha value is -2.76. The van der Waals surface area contributed by atoms with E-state index in [1.165, 1.54) is 24.3 Å². The summed E-state index contributed by atoms with van der Waals surface area (Å²) < 4.78 is 46.7. The van der Waals surface area contributed by atoms with Crippen LogP contribution in [0.1, 0.15) is 5.56 Å². The molecule has 4 aromatic rings. The van der Waals surface area contributed by atoms with E-state index in [1.807, 2.05) is 13.0 Å². The van der Waals surface area contributed by atoms with Crippen molar-refractivity contribution in [1.82, 2.24) is 19.9 Å². The van der Waals surface area contributed by atoms with Gasteiger partial charge in [-0.15, -0.1) is 0 Å². The summed E-state index contributed by atoms with van der Waals surface area (Å²) in [6.45, 7) is 1.82. The highest BCUT2D eigenvalue weighted by molar-refractivity contribution is 8.00. The lowest BCUT2D eigenvalue weighted by molar-refractivity contribution is 0.501. The molecule has 12 heteroatoms. The summed E-state index contributed by atoms with van der Waals surface area (Å²) in [6.07, 6.45) is 4.44. The molecule has 0 fully saturated rings. The smallest absolute Gasteiger partial charge is 0.188 e. The number of hydrogen-bond acceptors (Lipinski definition) is 8. The molecule has 164 valence electrons. The molecule has 2 aromatic carbocycles. The van der Waals surface area contributed by atoms with Gasteiger partial charge in [0.1, 0.15) is 23.0 Å². The second-order valence-electron chi connectivity index (χ2n) is 6.44. The molecule has 0 spiro atoms. The molecule has 32 heavy (non-hydrogen) atoms. The molecule has 0 unspecified atom stereocenters. The summed E-state index contributed by atoms with van der Waals surface area (Å²) in [6, 6.07) is 6.06. The van der Waals surface area contributed by atoms with Crippen LogP contribution in [0.4, 0.5) is 30.4 Å².